The van der Waals surface area contributed by atoms with E-state index >= 15 is 0 Å². The van der Waals surface area contributed by atoms with Crippen molar-refractivity contribution in [3.63, 3.8) is 0 Å². The third kappa shape index (κ3) is 0.935. The summed E-state index contributed by atoms with van der Waals surface area (Å²) in [4.78, 5) is 0. The average molecular weight is 247 g/mol. The summed E-state index contributed by atoms with van der Waals surface area (Å²) in [5.41, 5.74) is 1.11. The van der Waals surface area contributed by atoms with Crippen LogP contribution in [-0.4, -0.2) is 23.7 Å². The summed E-state index contributed by atoms with van der Waals surface area (Å²) in [6.07, 6.45) is 5.44. The maximum Gasteiger partial charge on any atom is 0.160 e. The van der Waals surface area contributed by atoms with Crippen molar-refractivity contribution in [2.45, 2.75) is 38.4 Å². The lowest BCUT2D eigenvalue weighted by Crippen LogP contribution is -2.45. The molecular weight excluding hydrogens is 226 g/mol. The molecule has 0 amide bonds. The monoisotopic (exact) mass is 247 g/mol. The third-order valence-electron chi connectivity index (χ3n) is 7.22. The normalized spacial score (nSPS) is 64.3. The molecule has 2 N–H and O–H groups in total. The van der Waals surface area contributed by atoms with Crippen LogP contribution in [0.25, 0.3) is 0 Å². The van der Waals surface area contributed by atoms with Gasteiger partial charge in [-0.3, -0.25) is 0 Å². The van der Waals surface area contributed by atoms with E-state index in [2.05, 4.69) is 0 Å². The fourth-order valence-electron chi connectivity index (χ4n) is 6.84. The van der Waals surface area contributed by atoms with Crippen LogP contribution in [0.15, 0.2) is 0 Å². The van der Waals surface area contributed by atoms with E-state index in [0.717, 1.165) is 48.8 Å². The number of hydrogen-bond acceptors (Lipinski definition) is 3. The summed E-state index contributed by atoms with van der Waals surface area (Å²) in [6, 6.07) is 0. The van der Waals surface area contributed by atoms with Gasteiger partial charge in [0, 0.05) is 17.0 Å². The van der Waals surface area contributed by atoms with Gasteiger partial charge in [0.15, 0.2) is 6.29 Å². The Labute approximate surface area is 107 Å². The molecule has 3 nitrogen and oxygen atoms in total. The van der Waals surface area contributed by atoms with E-state index in [9.17, 15) is 5.11 Å². The Bertz CT molecular complexity index is 436. The van der Waals surface area contributed by atoms with E-state index in [-0.39, 0.29) is 5.41 Å². The van der Waals surface area contributed by atoms with Crippen LogP contribution in [-0.2, 0) is 4.74 Å². The molecule has 1 saturated heterocycles. The van der Waals surface area contributed by atoms with Crippen molar-refractivity contribution in [2.75, 3.05) is 6.61 Å². The molecule has 5 fully saturated rings. The first-order valence-corrected chi connectivity index (χ1v) is 7.58. The number of ether oxygens (including phenoxy) is 1. The second-order valence-corrected chi connectivity index (χ2v) is 7.50. The van der Waals surface area contributed by atoms with Crippen LogP contribution >= 0.6 is 0 Å². The Balaban J connectivity index is 1.57. The molecule has 0 radical (unpaired) electrons. The lowest BCUT2D eigenvalue weighted by atomic mass is 9.60. The van der Waals surface area contributed by atoms with Gasteiger partial charge in [-0.2, -0.15) is 0 Å². The maximum absolute atomic E-state index is 10.3. The van der Waals surface area contributed by atoms with Crippen molar-refractivity contribution < 1.29 is 9.84 Å². The predicted molar refractivity (Wildman–Crippen MR) is 66.1 cm³/mol. The molecule has 0 aromatic heterocycles. The van der Waals surface area contributed by atoms with Crippen molar-refractivity contribution in [1.29, 1.82) is 5.41 Å². The van der Waals surface area contributed by atoms with Crippen molar-refractivity contribution in [3.05, 3.63) is 0 Å². The molecule has 4 bridgehead atoms. The molecule has 1 spiro atoms. The summed E-state index contributed by atoms with van der Waals surface area (Å²) in [7, 11) is 0. The van der Waals surface area contributed by atoms with E-state index in [1.807, 2.05) is 0 Å². The van der Waals surface area contributed by atoms with Gasteiger partial charge in [0.25, 0.3) is 0 Å². The second-order valence-electron chi connectivity index (χ2n) is 7.50. The zero-order valence-corrected chi connectivity index (χ0v) is 10.6. The van der Waals surface area contributed by atoms with Crippen LogP contribution in [0, 0.1) is 46.3 Å². The van der Waals surface area contributed by atoms with E-state index in [0.29, 0.717) is 11.8 Å². The minimum atomic E-state index is -0.512. The molecular formula is C15H21NO2. The van der Waals surface area contributed by atoms with Crippen LogP contribution in [0.1, 0.15) is 32.1 Å². The van der Waals surface area contributed by atoms with Crippen molar-refractivity contribution in [2.24, 2.45) is 40.9 Å². The standard InChI is InChI=1S/C15H21NO2/c16-11-5-7-3-9(11)13-10-4-8(12(7)13)6-15(10)1-2-18-14(15)17/h7-10,12-14,16-17H,1-6H2. The van der Waals surface area contributed by atoms with Crippen LogP contribution in [0.2, 0.25) is 0 Å². The molecule has 98 valence electrons. The summed E-state index contributed by atoms with van der Waals surface area (Å²) in [6.45, 7) is 0.743. The van der Waals surface area contributed by atoms with Gasteiger partial charge in [0.2, 0.25) is 0 Å². The summed E-state index contributed by atoms with van der Waals surface area (Å²) in [5.74, 6) is 4.50. The molecule has 8 unspecified atom stereocenters. The molecule has 4 aliphatic carbocycles. The van der Waals surface area contributed by atoms with Crippen LogP contribution < -0.4 is 0 Å². The SMILES string of the molecule is N=C1CC2CC1C1C2C2CC1C1(CCOC1O)C2. The maximum atomic E-state index is 10.3. The molecule has 8 atom stereocenters. The largest absolute Gasteiger partial charge is 0.367 e. The molecule has 5 rings (SSSR count). The van der Waals surface area contributed by atoms with Crippen molar-refractivity contribution >= 4 is 5.71 Å². The van der Waals surface area contributed by atoms with Crippen LogP contribution in [0.5, 0.6) is 0 Å². The first-order chi connectivity index (χ1) is 8.71. The number of aliphatic hydroxyl groups excluding tert-OH is 1. The van der Waals surface area contributed by atoms with Gasteiger partial charge in [0.05, 0.1) is 6.61 Å². The summed E-state index contributed by atoms with van der Waals surface area (Å²) >= 11 is 0. The third-order valence-corrected chi connectivity index (χ3v) is 7.22. The van der Waals surface area contributed by atoms with Gasteiger partial charge in [-0.25, -0.2) is 0 Å². The number of rotatable bonds is 0. The number of nitrogens with one attached hydrogen (secondary N) is 1. The topological polar surface area (TPSA) is 53.3 Å². The van der Waals surface area contributed by atoms with E-state index in [1.54, 1.807) is 0 Å². The summed E-state index contributed by atoms with van der Waals surface area (Å²) in [5, 5.41) is 18.5. The highest BCUT2D eigenvalue weighted by Crippen LogP contribution is 2.73. The Kier molecular flexibility index (Phi) is 1.74. The number of fused-ring (bicyclic) bond motifs is 10. The summed E-state index contributed by atoms with van der Waals surface area (Å²) < 4.78 is 5.50. The molecule has 0 aromatic rings. The first kappa shape index (κ1) is 10.4. The molecule has 3 heteroatoms. The molecule has 0 aromatic carbocycles. The van der Waals surface area contributed by atoms with Crippen molar-refractivity contribution in [3.8, 4) is 0 Å². The van der Waals surface area contributed by atoms with Gasteiger partial charge in [-0.05, 0) is 61.7 Å². The molecule has 18 heavy (non-hydrogen) atoms. The van der Waals surface area contributed by atoms with Crippen molar-refractivity contribution in [1.82, 2.24) is 0 Å². The van der Waals surface area contributed by atoms with Gasteiger partial charge < -0.3 is 15.3 Å². The lowest BCUT2D eigenvalue weighted by Gasteiger charge is -2.45. The second kappa shape index (κ2) is 3.01. The Morgan fingerprint density at radius 2 is 2.11 bits per heavy atom. The highest BCUT2D eigenvalue weighted by Gasteiger charge is 2.70. The van der Waals surface area contributed by atoms with Gasteiger partial charge in [-0.1, -0.05) is 0 Å². The molecule has 4 saturated carbocycles. The predicted octanol–water partition coefficient (Wildman–Crippen LogP) is 2.04. The highest BCUT2D eigenvalue weighted by molar-refractivity contribution is 5.87. The Morgan fingerprint density at radius 1 is 1.22 bits per heavy atom. The smallest absolute Gasteiger partial charge is 0.160 e. The fraction of sp³-hybridized carbons (Fsp3) is 0.933. The quantitative estimate of drug-likeness (QED) is 0.644. The first-order valence-electron chi connectivity index (χ1n) is 7.58. The zero-order valence-electron chi connectivity index (χ0n) is 10.6. The Hall–Kier alpha value is -0.410. The molecule has 1 aliphatic heterocycles. The minimum Gasteiger partial charge on any atom is -0.367 e. The van der Waals surface area contributed by atoms with E-state index in [4.69, 9.17) is 10.1 Å². The van der Waals surface area contributed by atoms with Gasteiger partial charge >= 0.3 is 0 Å². The number of aliphatic hydroxyl groups is 1. The minimum absolute atomic E-state index is 0.0800. The molecule has 5 aliphatic rings. The van der Waals surface area contributed by atoms with Crippen LogP contribution in [0.4, 0.5) is 0 Å². The van der Waals surface area contributed by atoms with Gasteiger partial charge in [0.1, 0.15) is 0 Å². The van der Waals surface area contributed by atoms with Crippen LogP contribution in [0.3, 0.4) is 0 Å². The van der Waals surface area contributed by atoms with Gasteiger partial charge in [-0.15, -0.1) is 0 Å². The Morgan fingerprint density at radius 3 is 2.89 bits per heavy atom. The van der Waals surface area contributed by atoms with E-state index in [1.165, 1.54) is 19.3 Å². The molecule has 1 heterocycles. The average Bonchev–Trinajstić information content (AvgIpc) is 3.05. The van der Waals surface area contributed by atoms with E-state index < -0.39 is 6.29 Å². The highest BCUT2D eigenvalue weighted by atomic mass is 16.6. The number of hydrogen-bond donors (Lipinski definition) is 2. The lowest BCUT2D eigenvalue weighted by molar-refractivity contribution is -0.146. The zero-order chi connectivity index (χ0) is 12.1. The fourth-order valence-corrected chi connectivity index (χ4v) is 6.84.